The highest BCUT2D eigenvalue weighted by molar-refractivity contribution is 7.14. The van der Waals surface area contributed by atoms with Crippen molar-refractivity contribution in [2.45, 2.75) is 13.0 Å². The third-order valence-corrected chi connectivity index (χ3v) is 6.27. The van der Waals surface area contributed by atoms with Crippen LogP contribution in [0, 0.1) is 6.92 Å². The van der Waals surface area contributed by atoms with E-state index < -0.39 is 11.9 Å². The zero-order chi connectivity index (χ0) is 21.0. The van der Waals surface area contributed by atoms with Crippen molar-refractivity contribution in [2.75, 3.05) is 12.0 Å². The smallest absolute Gasteiger partial charge is 0.297 e. The summed E-state index contributed by atoms with van der Waals surface area (Å²) >= 11 is 7.45. The van der Waals surface area contributed by atoms with Gasteiger partial charge in [0.05, 0.1) is 23.8 Å². The molecule has 1 amide bonds. The fraction of sp³-hybridized carbons (Fsp3) is 0.136. The van der Waals surface area contributed by atoms with Crippen LogP contribution in [0.5, 0.6) is 5.75 Å². The Balaban J connectivity index is 1.86. The fourth-order valence-corrected chi connectivity index (χ4v) is 4.78. The molecule has 1 aliphatic heterocycles. The fourth-order valence-electron chi connectivity index (χ4n) is 3.78. The van der Waals surface area contributed by atoms with Gasteiger partial charge in [0.25, 0.3) is 5.91 Å². The van der Waals surface area contributed by atoms with Crippen LogP contribution in [0.1, 0.15) is 33.4 Å². The van der Waals surface area contributed by atoms with Gasteiger partial charge in [-0.05, 0) is 31.2 Å². The largest absolute Gasteiger partial charge is 0.496 e. The van der Waals surface area contributed by atoms with Crippen LogP contribution in [0.2, 0.25) is 5.02 Å². The Morgan fingerprint density at radius 3 is 2.73 bits per heavy atom. The maximum atomic E-state index is 13.5. The number of carbonyl (C=O) groups excluding carboxylic acids is 1. The van der Waals surface area contributed by atoms with E-state index in [0.29, 0.717) is 32.4 Å². The SMILES string of the molecule is COc1ccccc1C1c2c(oc3ccc(Cl)cc3c2=O)C(=O)N1c1nc(C)cs1. The molecule has 0 bridgehead atoms. The molecule has 0 saturated heterocycles. The Kier molecular flexibility index (Phi) is 4.38. The lowest BCUT2D eigenvalue weighted by Gasteiger charge is -2.24. The lowest BCUT2D eigenvalue weighted by Crippen LogP contribution is -2.29. The molecular weight excluding hydrogens is 424 g/mol. The van der Waals surface area contributed by atoms with Gasteiger partial charge in [-0.2, -0.15) is 0 Å². The van der Waals surface area contributed by atoms with Gasteiger partial charge in [-0.25, -0.2) is 4.98 Å². The summed E-state index contributed by atoms with van der Waals surface area (Å²) in [4.78, 5) is 33.0. The average Bonchev–Trinajstić information content (AvgIpc) is 3.29. The topological polar surface area (TPSA) is 72.6 Å². The zero-order valence-corrected chi connectivity index (χ0v) is 17.6. The molecule has 0 N–H and O–H groups in total. The standard InChI is InChI=1S/C22H15ClN2O4S/c1-11-10-30-22(24-11)25-18(13-5-3-4-6-15(13)28-2)17-19(26)14-9-12(23)7-8-16(14)29-20(17)21(25)27/h3-10,18H,1-2H3. The molecule has 4 aromatic rings. The minimum absolute atomic E-state index is 0.0126. The molecule has 3 heterocycles. The number of fused-ring (bicyclic) bond motifs is 2. The number of anilines is 1. The summed E-state index contributed by atoms with van der Waals surface area (Å²) in [6.07, 6.45) is 0. The van der Waals surface area contributed by atoms with Crippen LogP contribution in [0.25, 0.3) is 11.0 Å². The number of methoxy groups -OCH3 is 1. The normalized spacial score (nSPS) is 15.6. The maximum absolute atomic E-state index is 13.5. The van der Waals surface area contributed by atoms with Crippen molar-refractivity contribution in [2.24, 2.45) is 0 Å². The minimum atomic E-state index is -0.728. The average molecular weight is 439 g/mol. The van der Waals surface area contributed by atoms with E-state index in [9.17, 15) is 9.59 Å². The third kappa shape index (κ3) is 2.74. The quantitative estimate of drug-likeness (QED) is 0.451. The van der Waals surface area contributed by atoms with E-state index in [1.165, 1.54) is 16.2 Å². The maximum Gasteiger partial charge on any atom is 0.297 e. The van der Waals surface area contributed by atoms with Crippen LogP contribution >= 0.6 is 22.9 Å². The number of hydrogen-bond acceptors (Lipinski definition) is 6. The molecule has 0 aliphatic carbocycles. The molecule has 1 unspecified atom stereocenters. The number of aromatic nitrogens is 1. The molecule has 30 heavy (non-hydrogen) atoms. The Bertz CT molecular complexity index is 1380. The van der Waals surface area contributed by atoms with Gasteiger partial charge in [0.2, 0.25) is 5.76 Å². The monoisotopic (exact) mass is 438 g/mol. The summed E-state index contributed by atoms with van der Waals surface area (Å²) in [5, 5.41) is 3.09. The van der Waals surface area contributed by atoms with E-state index in [-0.39, 0.29) is 16.8 Å². The first-order valence-electron chi connectivity index (χ1n) is 9.14. The Labute approximate surface area is 180 Å². The van der Waals surface area contributed by atoms with Gasteiger partial charge < -0.3 is 9.15 Å². The molecule has 0 fully saturated rings. The molecule has 2 aromatic heterocycles. The van der Waals surface area contributed by atoms with E-state index in [1.54, 1.807) is 31.4 Å². The van der Waals surface area contributed by atoms with Crippen LogP contribution in [0.15, 0.2) is 57.1 Å². The van der Waals surface area contributed by atoms with E-state index in [0.717, 1.165) is 5.69 Å². The van der Waals surface area contributed by atoms with Gasteiger partial charge >= 0.3 is 0 Å². The van der Waals surface area contributed by atoms with E-state index >= 15 is 0 Å². The number of aryl methyl sites for hydroxylation is 1. The summed E-state index contributed by atoms with van der Waals surface area (Å²) in [7, 11) is 1.55. The van der Waals surface area contributed by atoms with Crippen molar-refractivity contribution in [1.82, 2.24) is 4.98 Å². The Morgan fingerprint density at radius 2 is 2.00 bits per heavy atom. The second kappa shape index (κ2) is 6.97. The molecule has 0 spiro atoms. The first kappa shape index (κ1) is 18.8. The Hall–Kier alpha value is -3.16. The van der Waals surface area contributed by atoms with Gasteiger partial charge in [-0.1, -0.05) is 29.8 Å². The van der Waals surface area contributed by atoms with Crippen LogP contribution in [0.4, 0.5) is 5.13 Å². The van der Waals surface area contributed by atoms with E-state index in [1.807, 2.05) is 30.5 Å². The second-order valence-electron chi connectivity index (χ2n) is 6.91. The number of rotatable bonds is 3. The number of para-hydroxylation sites is 1. The van der Waals surface area contributed by atoms with Gasteiger partial charge in [0, 0.05) is 16.0 Å². The first-order valence-corrected chi connectivity index (χ1v) is 10.4. The number of thiazole rings is 1. The number of halogens is 1. The summed E-state index contributed by atoms with van der Waals surface area (Å²) in [5.41, 5.74) is 1.73. The molecule has 1 aliphatic rings. The predicted molar refractivity (Wildman–Crippen MR) is 116 cm³/mol. The molecule has 2 aromatic carbocycles. The summed E-state index contributed by atoms with van der Waals surface area (Å²) in [6, 6.07) is 11.4. The van der Waals surface area contributed by atoms with Crippen LogP contribution < -0.4 is 15.1 Å². The first-order chi connectivity index (χ1) is 14.5. The summed E-state index contributed by atoms with van der Waals surface area (Å²) in [6.45, 7) is 1.85. The highest BCUT2D eigenvalue weighted by Crippen LogP contribution is 2.44. The van der Waals surface area contributed by atoms with Crippen molar-refractivity contribution in [3.8, 4) is 5.75 Å². The highest BCUT2D eigenvalue weighted by Gasteiger charge is 2.45. The molecule has 5 rings (SSSR count). The van der Waals surface area contributed by atoms with E-state index in [2.05, 4.69) is 4.98 Å². The molecular formula is C22H15ClN2O4S. The highest BCUT2D eigenvalue weighted by atomic mass is 35.5. The van der Waals surface area contributed by atoms with Crippen molar-refractivity contribution >= 4 is 44.9 Å². The Morgan fingerprint density at radius 1 is 1.20 bits per heavy atom. The van der Waals surface area contributed by atoms with Crippen molar-refractivity contribution in [1.29, 1.82) is 0 Å². The molecule has 0 saturated carbocycles. The van der Waals surface area contributed by atoms with E-state index in [4.69, 9.17) is 20.8 Å². The lowest BCUT2D eigenvalue weighted by molar-refractivity contribution is 0.0971. The summed E-state index contributed by atoms with van der Waals surface area (Å²) < 4.78 is 11.5. The third-order valence-electron chi connectivity index (χ3n) is 5.08. The van der Waals surface area contributed by atoms with Gasteiger partial charge in [0.15, 0.2) is 10.6 Å². The van der Waals surface area contributed by atoms with Crippen molar-refractivity contribution in [3.05, 3.63) is 85.7 Å². The van der Waals surface area contributed by atoms with Crippen LogP contribution in [0.3, 0.4) is 0 Å². The van der Waals surface area contributed by atoms with Crippen molar-refractivity contribution in [3.63, 3.8) is 0 Å². The molecule has 6 nitrogen and oxygen atoms in total. The number of amides is 1. The van der Waals surface area contributed by atoms with Crippen LogP contribution in [-0.4, -0.2) is 18.0 Å². The molecule has 8 heteroatoms. The second-order valence-corrected chi connectivity index (χ2v) is 8.18. The minimum Gasteiger partial charge on any atom is -0.496 e. The number of carbonyl (C=O) groups is 1. The van der Waals surface area contributed by atoms with Gasteiger partial charge in [-0.15, -0.1) is 11.3 Å². The number of nitrogens with zero attached hydrogens (tertiary/aromatic N) is 2. The van der Waals surface area contributed by atoms with Gasteiger partial charge in [-0.3, -0.25) is 14.5 Å². The lowest BCUT2D eigenvalue weighted by atomic mass is 9.98. The number of ether oxygens (including phenoxy) is 1. The number of hydrogen-bond donors (Lipinski definition) is 0. The van der Waals surface area contributed by atoms with Gasteiger partial charge in [0.1, 0.15) is 17.4 Å². The summed E-state index contributed by atoms with van der Waals surface area (Å²) in [5.74, 6) is 0.162. The molecule has 1 atom stereocenters. The van der Waals surface area contributed by atoms with Crippen molar-refractivity contribution < 1.29 is 13.9 Å². The van der Waals surface area contributed by atoms with Crippen LogP contribution in [-0.2, 0) is 0 Å². The molecule has 0 radical (unpaired) electrons. The number of benzene rings is 2. The predicted octanol–water partition coefficient (Wildman–Crippen LogP) is 4.97. The molecule has 150 valence electrons. The zero-order valence-electron chi connectivity index (χ0n) is 16.0.